The van der Waals surface area contributed by atoms with Crippen LogP contribution in [0.3, 0.4) is 0 Å². The molecule has 6 heteroatoms. The molecule has 0 radical (unpaired) electrons. The molecule has 5 nitrogen and oxygen atoms in total. The van der Waals surface area contributed by atoms with Gasteiger partial charge in [0, 0.05) is 40.8 Å². The molecular formula is C18H18N4OS. The number of fused-ring (bicyclic) bond motifs is 3. The Morgan fingerprint density at radius 1 is 1.33 bits per heavy atom. The summed E-state index contributed by atoms with van der Waals surface area (Å²) >= 11 is 1.70. The number of carbonyl (C=O) groups excluding carboxylic acids is 1. The van der Waals surface area contributed by atoms with Crippen LogP contribution < -0.4 is 10.6 Å². The quantitative estimate of drug-likeness (QED) is 0.772. The van der Waals surface area contributed by atoms with E-state index in [1.165, 1.54) is 17.5 Å². The van der Waals surface area contributed by atoms with Gasteiger partial charge in [0.1, 0.15) is 5.00 Å². The zero-order valence-corrected chi connectivity index (χ0v) is 13.9. The summed E-state index contributed by atoms with van der Waals surface area (Å²) in [4.78, 5) is 16.7. The topological polar surface area (TPSA) is 59.0 Å². The molecule has 122 valence electrons. The zero-order chi connectivity index (χ0) is 16.1. The van der Waals surface area contributed by atoms with E-state index < -0.39 is 0 Å². The number of hydrogen-bond acceptors (Lipinski definition) is 4. The summed E-state index contributed by atoms with van der Waals surface area (Å²) in [5.41, 5.74) is 0.736. The molecule has 2 N–H and O–H groups in total. The summed E-state index contributed by atoms with van der Waals surface area (Å²) in [7, 11) is 0. The first-order chi connectivity index (χ1) is 11.8. The van der Waals surface area contributed by atoms with Crippen LogP contribution in [-0.2, 0) is 0 Å². The first-order valence-electron chi connectivity index (χ1n) is 8.35. The van der Waals surface area contributed by atoms with Crippen molar-refractivity contribution in [2.75, 3.05) is 0 Å². The lowest BCUT2D eigenvalue weighted by atomic mass is 9.95. The van der Waals surface area contributed by atoms with E-state index in [0.717, 1.165) is 22.4 Å². The summed E-state index contributed by atoms with van der Waals surface area (Å²) in [5, 5.41) is 8.98. The minimum absolute atomic E-state index is 0.0339. The fourth-order valence-electron chi connectivity index (χ4n) is 3.92. The lowest BCUT2D eigenvalue weighted by Crippen LogP contribution is -2.42. The molecule has 2 saturated heterocycles. The number of imidazole rings is 1. The Labute approximate surface area is 143 Å². The first-order valence-corrected chi connectivity index (χ1v) is 9.17. The molecule has 2 aliphatic rings. The van der Waals surface area contributed by atoms with E-state index in [0.29, 0.717) is 12.1 Å². The molecule has 3 atom stereocenters. The van der Waals surface area contributed by atoms with Crippen LogP contribution in [0.4, 0.5) is 0 Å². The average Bonchev–Trinajstić information content (AvgIpc) is 3.35. The Morgan fingerprint density at radius 3 is 3.04 bits per heavy atom. The van der Waals surface area contributed by atoms with E-state index in [9.17, 15) is 4.79 Å². The third-order valence-corrected chi connectivity index (χ3v) is 6.27. The Hall–Kier alpha value is -2.18. The summed E-state index contributed by atoms with van der Waals surface area (Å²) in [6.45, 7) is 0. The third-order valence-electron chi connectivity index (χ3n) is 5.14. The molecule has 0 unspecified atom stereocenters. The smallest absolute Gasteiger partial charge is 0.251 e. The van der Waals surface area contributed by atoms with Crippen molar-refractivity contribution in [1.82, 2.24) is 20.2 Å². The van der Waals surface area contributed by atoms with Gasteiger partial charge in [0.05, 0.1) is 6.33 Å². The van der Waals surface area contributed by atoms with Gasteiger partial charge in [-0.3, -0.25) is 9.36 Å². The van der Waals surface area contributed by atoms with Crippen molar-refractivity contribution in [2.24, 2.45) is 0 Å². The number of hydrogen-bond donors (Lipinski definition) is 2. The van der Waals surface area contributed by atoms with Gasteiger partial charge in [0.25, 0.3) is 5.91 Å². The number of nitrogens with one attached hydrogen (secondary N) is 2. The maximum Gasteiger partial charge on any atom is 0.251 e. The van der Waals surface area contributed by atoms with Crippen molar-refractivity contribution >= 4 is 27.3 Å². The molecule has 1 aromatic carbocycles. The number of rotatable bonds is 3. The van der Waals surface area contributed by atoms with Crippen molar-refractivity contribution in [3.8, 4) is 5.00 Å². The van der Waals surface area contributed by atoms with E-state index in [1.807, 2.05) is 29.0 Å². The van der Waals surface area contributed by atoms with Gasteiger partial charge in [-0.15, -0.1) is 11.3 Å². The molecule has 2 bridgehead atoms. The maximum atomic E-state index is 12.6. The van der Waals surface area contributed by atoms with Gasteiger partial charge in [-0.2, -0.15) is 0 Å². The number of benzene rings is 1. The highest BCUT2D eigenvalue weighted by Gasteiger charge is 2.39. The Kier molecular flexibility index (Phi) is 3.21. The Balaban J connectivity index is 1.39. The second kappa shape index (κ2) is 5.43. The van der Waals surface area contributed by atoms with Crippen molar-refractivity contribution < 1.29 is 4.79 Å². The normalized spacial score (nSPS) is 25.4. The lowest BCUT2D eigenvalue weighted by Gasteiger charge is -2.21. The standard InChI is InChI=1S/C18H18N4OS/c23-18(21-15-9-13-2-3-14(15)20-13)11-1-4-16-12(7-11)8-17(24-16)22-6-5-19-10-22/h1,4-8,10,13-15,20H,2-3,9H2,(H,21,23)/t13-,14+,15-/m1/s1. The average molecular weight is 338 g/mol. The predicted octanol–water partition coefficient (Wildman–Crippen LogP) is 2.71. The van der Waals surface area contributed by atoms with Crippen LogP contribution in [0.15, 0.2) is 43.0 Å². The fourth-order valence-corrected chi connectivity index (χ4v) is 4.92. The first kappa shape index (κ1) is 14.2. The summed E-state index contributed by atoms with van der Waals surface area (Å²) in [6, 6.07) is 9.38. The Morgan fingerprint density at radius 2 is 2.29 bits per heavy atom. The van der Waals surface area contributed by atoms with Crippen LogP contribution in [0.2, 0.25) is 0 Å². The van der Waals surface area contributed by atoms with Gasteiger partial charge < -0.3 is 10.6 Å². The molecule has 2 aliphatic heterocycles. The molecule has 5 rings (SSSR count). The van der Waals surface area contributed by atoms with Gasteiger partial charge in [-0.1, -0.05) is 0 Å². The SMILES string of the molecule is O=C(N[C@@H]1C[C@H]2CC[C@@H]1N2)c1ccc2sc(-n3ccnc3)cc2c1. The van der Waals surface area contributed by atoms with Crippen molar-refractivity contribution in [2.45, 2.75) is 37.4 Å². The highest BCUT2D eigenvalue weighted by atomic mass is 32.1. The zero-order valence-electron chi connectivity index (χ0n) is 13.1. The summed E-state index contributed by atoms with van der Waals surface area (Å²) in [5.74, 6) is 0.0339. The van der Waals surface area contributed by atoms with Crippen molar-refractivity contribution in [1.29, 1.82) is 0 Å². The van der Waals surface area contributed by atoms with E-state index in [4.69, 9.17) is 0 Å². The van der Waals surface area contributed by atoms with Crippen LogP contribution in [-0.4, -0.2) is 33.6 Å². The van der Waals surface area contributed by atoms with Crippen LogP contribution in [0, 0.1) is 0 Å². The number of carbonyl (C=O) groups is 1. The molecule has 3 aromatic rings. The van der Waals surface area contributed by atoms with Crippen molar-refractivity contribution in [3.63, 3.8) is 0 Å². The van der Waals surface area contributed by atoms with Crippen LogP contribution in [0.1, 0.15) is 29.6 Å². The molecule has 2 aromatic heterocycles. The lowest BCUT2D eigenvalue weighted by molar-refractivity contribution is 0.0931. The van der Waals surface area contributed by atoms with Crippen molar-refractivity contribution in [3.05, 3.63) is 48.5 Å². The summed E-state index contributed by atoms with van der Waals surface area (Å²) in [6.07, 6.45) is 8.97. The maximum absolute atomic E-state index is 12.6. The van der Waals surface area contributed by atoms with Crippen LogP contribution in [0.5, 0.6) is 0 Å². The third kappa shape index (κ3) is 2.34. The van der Waals surface area contributed by atoms with Crippen LogP contribution >= 0.6 is 11.3 Å². The fraction of sp³-hybridized carbons (Fsp3) is 0.333. The monoisotopic (exact) mass is 338 g/mol. The predicted molar refractivity (Wildman–Crippen MR) is 94.8 cm³/mol. The van der Waals surface area contributed by atoms with Gasteiger partial charge in [0.2, 0.25) is 0 Å². The molecule has 24 heavy (non-hydrogen) atoms. The molecule has 0 saturated carbocycles. The van der Waals surface area contributed by atoms with Crippen LogP contribution in [0.25, 0.3) is 15.1 Å². The van der Waals surface area contributed by atoms with E-state index in [-0.39, 0.29) is 11.9 Å². The highest BCUT2D eigenvalue weighted by Crippen LogP contribution is 2.30. The summed E-state index contributed by atoms with van der Waals surface area (Å²) < 4.78 is 3.17. The largest absolute Gasteiger partial charge is 0.348 e. The number of nitrogens with zero attached hydrogens (tertiary/aromatic N) is 2. The van der Waals surface area contributed by atoms with E-state index in [1.54, 1.807) is 23.9 Å². The number of aromatic nitrogens is 2. The number of amides is 1. The minimum Gasteiger partial charge on any atom is -0.348 e. The number of thiophene rings is 1. The van der Waals surface area contributed by atoms with Gasteiger partial charge in [0.15, 0.2) is 0 Å². The van der Waals surface area contributed by atoms with Gasteiger partial charge >= 0.3 is 0 Å². The van der Waals surface area contributed by atoms with Gasteiger partial charge in [-0.25, -0.2) is 4.98 Å². The Bertz CT molecular complexity index is 901. The molecule has 4 heterocycles. The molecular weight excluding hydrogens is 320 g/mol. The van der Waals surface area contributed by atoms with E-state index in [2.05, 4.69) is 21.7 Å². The van der Waals surface area contributed by atoms with Gasteiger partial charge in [-0.05, 0) is 48.9 Å². The highest BCUT2D eigenvalue weighted by molar-refractivity contribution is 7.21. The molecule has 0 aliphatic carbocycles. The molecule has 1 amide bonds. The minimum atomic E-state index is 0.0339. The molecule has 2 fully saturated rings. The molecule has 0 spiro atoms. The van der Waals surface area contributed by atoms with E-state index >= 15 is 0 Å². The second-order valence-electron chi connectivity index (χ2n) is 6.67. The second-order valence-corrected chi connectivity index (χ2v) is 7.73.